The van der Waals surface area contributed by atoms with Crippen LogP contribution in [0.25, 0.3) is 0 Å². The van der Waals surface area contributed by atoms with Crippen molar-refractivity contribution in [3.63, 3.8) is 0 Å². The Labute approximate surface area is 103 Å². The number of aromatic nitrogens is 2. The zero-order valence-electron chi connectivity index (χ0n) is 10.7. The lowest BCUT2D eigenvalue weighted by atomic mass is 10.1. The first-order valence-electron chi connectivity index (χ1n) is 5.55. The Bertz CT molecular complexity index is 474. The highest BCUT2D eigenvalue weighted by Crippen LogP contribution is 2.11. The first-order chi connectivity index (χ1) is 7.83. The van der Waals surface area contributed by atoms with Gasteiger partial charge in [0.1, 0.15) is 11.6 Å². The van der Waals surface area contributed by atoms with Crippen molar-refractivity contribution >= 4 is 9.84 Å². The van der Waals surface area contributed by atoms with Crippen LogP contribution >= 0.6 is 0 Å². The van der Waals surface area contributed by atoms with Crippen molar-refractivity contribution in [3.05, 3.63) is 22.8 Å². The van der Waals surface area contributed by atoms with Crippen LogP contribution in [-0.2, 0) is 22.1 Å². The van der Waals surface area contributed by atoms with Crippen molar-refractivity contribution in [1.82, 2.24) is 15.3 Å². The third-order valence-electron chi connectivity index (χ3n) is 2.41. The normalized spacial score (nSPS) is 11.8. The van der Waals surface area contributed by atoms with Gasteiger partial charge in [-0.25, -0.2) is 18.4 Å². The van der Waals surface area contributed by atoms with E-state index >= 15 is 0 Å². The van der Waals surface area contributed by atoms with Crippen molar-refractivity contribution in [3.8, 4) is 0 Å². The summed E-state index contributed by atoms with van der Waals surface area (Å²) in [5.74, 6) is 0.277. The molecule has 0 aliphatic carbocycles. The maximum absolute atomic E-state index is 11.2. The van der Waals surface area contributed by atoms with Gasteiger partial charge in [0.2, 0.25) is 0 Å². The third kappa shape index (κ3) is 4.40. The first kappa shape index (κ1) is 14.1. The SMILES string of the molecule is CCNCc1c(C)nc(CS(C)(=O)=O)nc1C. The molecule has 0 aliphatic rings. The standard InChI is InChI=1S/C11H19N3O2S/c1-5-12-6-10-8(2)13-11(14-9(10)3)7-17(4,15)16/h12H,5-7H2,1-4H3. The number of nitrogens with zero attached hydrogens (tertiary/aromatic N) is 2. The van der Waals surface area contributed by atoms with Crippen molar-refractivity contribution in [2.45, 2.75) is 33.1 Å². The van der Waals surface area contributed by atoms with E-state index in [-0.39, 0.29) is 5.75 Å². The highest BCUT2D eigenvalue weighted by atomic mass is 32.2. The first-order valence-corrected chi connectivity index (χ1v) is 7.61. The molecule has 0 amide bonds. The molecule has 0 spiro atoms. The molecule has 0 saturated carbocycles. The van der Waals surface area contributed by atoms with Gasteiger partial charge >= 0.3 is 0 Å². The predicted octanol–water partition coefficient (Wildman–Crippen LogP) is 0.748. The van der Waals surface area contributed by atoms with E-state index < -0.39 is 9.84 Å². The number of rotatable bonds is 5. The van der Waals surface area contributed by atoms with Crippen molar-refractivity contribution in [2.75, 3.05) is 12.8 Å². The lowest BCUT2D eigenvalue weighted by molar-refractivity contribution is 0.599. The number of hydrogen-bond acceptors (Lipinski definition) is 5. The van der Waals surface area contributed by atoms with E-state index in [4.69, 9.17) is 0 Å². The van der Waals surface area contributed by atoms with Gasteiger partial charge in [-0.1, -0.05) is 6.92 Å². The Morgan fingerprint density at radius 3 is 2.12 bits per heavy atom. The minimum Gasteiger partial charge on any atom is -0.313 e. The second-order valence-corrected chi connectivity index (χ2v) is 6.28. The molecule has 96 valence electrons. The molecule has 1 rings (SSSR count). The van der Waals surface area contributed by atoms with E-state index in [2.05, 4.69) is 15.3 Å². The maximum atomic E-state index is 11.2. The average molecular weight is 257 g/mol. The lowest BCUT2D eigenvalue weighted by Crippen LogP contribution is -2.17. The molecular formula is C11H19N3O2S. The number of aryl methyl sites for hydroxylation is 2. The fourth-order valence-electron chi connectivity index (χ4n) is 1.61. The molecule has 0 fully saturated rings. The van der Waals surface area contributed by atoms with Gasteiger partial charge < -0.3 is 5.32 Å². The van der Waals surface area contributed by atoms with E-state index in [0.29, 0.717) is 12.4 Å². The van der Waals surface area contributed by atoms with Crippen LogP contribution in [0.15, 0.2) is 0 Å². The Morgan fingerprint density at radius 2 is 1.71 bits per heavy atom. The van der Waals surface area contributed by atoms with Crippen LogP contribution in [0.5, 0.6) is 0 Å². The molecule has 1 aromatic heterocycles. The lowest BCUT2D eigenvalue weighted by Gasteiger charge is -2.10. The average Bonchev–Trinajstić information content (AvgIpc) is 2.13. The molecule has 0 aromatic carbocycles. The Kier molecular flexibility index (Phi) is 4.59. The summed E-state index contributed by atoms with van der Waals surface area (Å²) < 4.78 is 22.4. The summed E-state index contributed by atoms with van der Waals surface area (Å²) in [6.07, 6.45) is 1.19. The minimum absolute atomic E-state index is 0.101. The van der Waals surface area contributed by atoms with Crippen LogP contribution in [0.1, 0.15) is 29.7 Å². The largest absolute Gasteiger partial charge is 0.313 e. The summed E-state index contributed by atoms with van der Waals surface area (Å²) >= 11 is 0. The van der Waals surface area contributed by atoms with Crippen molar-refractivity contribution in [1.29, 1.82) is 0 Å². The molecule has 17 heavy (non-hydrogen) atoms. The van der Waals surface area contributed by atoms with Crippen LogP contribution in [-0.4, -0.2) is 31.2 Å². The van der Waals surface area contributed by atoms with E-state index in [1.54, 1.807) is 0 Å². The topological polar surface area (TPSA) is 72.0 Å². The molecule has 0 atom stereocenters. The third-order valence-corrected chi connectivity index (χ3v) is 3.19. The van der Waals surface area contributed by atoms with Gasteiger partial charge in [0.05, 0.1) is 0 Å². The Hall–Kier alpha value is -1.01. The van der Waals surface area contributed by atoms with Crippen molar-refractivity contribution < 1.29 is 8.42 Å². The van der Waals surface area contributed by atoms with Gasteiger partial charge in [-0.05, 0) is 20.4 Å². The number of hydrogen-bond donors (Lipinski definition) is 1. The smallest absolute Gasteiger partial charge is 0.154 e. The molecule has 0 radical (unpaired) electrons. The summed E-state index contributed by atoms with van der Waals surface area (Å²) in [6, 6.07) is 0. The molecule has 1 heterocycles. The quantitative estimate of drug-likeness (QED) is 0.842. The van der Waals surface area contributed by atoms with Gasteiger partial charge in [0, 0.05) is 29.8 Å². The van der Waals surface area contributed by atoms with Crippen molar-refractivity contribution in [2.24, 2.45) is 0 Å². The van der Waals surface area contributed by atoms with Crippen LogP contribution in [0.3, 0.4) is 0 Å². The van der Waals surface area contributed by atoms with Gasteiger partial charge in [-0.15, -0.1) is 0 Å². The highest BCUT2D eigenvalue weighted by molar-refractivity contribution is 7.89. The molecular weight excluding hydrogens is 238 g/mol. The molecule has 0 bridgehead atoms. The van der Waals surface area contributed by atoms with Gasteiger partial charge in [0.15, 0.2) is 9.84 Å². The van der Waals surface area contributed by atoms with Gasteiger partial charge in [-0.3, -0.25) is 0 Å². The molecule has 5 nitrogen and oxygen atoms in total. The summed E-state index contributed by atoms with van der Waals surface area (Å²) in [5, 5.41) is 3.22. The molecule has 1 N–H and O–H groups in total. The second-order valence-electron chi connectivity index (χ2n) is 4.14. The van der Waals surface area contributed by atoms with Gasteiger partial charge in [0.25, 0.3) is 0 Å². The van der Waals surface area contributed by atoms with E-state index in [1.807, 2.05) is 20.8 Å². The van der Waals surface area contributed by atoms with Gasteiger partial charge in [-0.2, -0.15) is 0 Å². The van der Waals surface area contributed by atoms with E-state index in [1.165, 1.54) is 6.26 Å². The second kappa shape index (κ2) is 5.55. The zero-order chi connectivity index (χ0) is 13.1. The maximum Gasteiger partial charge on any atom is 0.154 e. The molecule has 1 aromatic rings. The number of sulfone groups is 1. The highest BCUT2D eigenvalue weighted by Gasteiger charge is 2.12. The monoisotopic (exact) mass is 257 g/mol. The Balaban J connectivity index is 3.01. The number of nitrogens with one attached hydrogen (secondary N) is 1. The molecule has 0 unspecified atom stereocenters. The van der Waals surface area contributed by atoms with E-state index in [0.717, 1.165) is 23.5 Å². The fourth-order valence-corrected chi connectivity index (χ4v) is 2.21. The summed E-state index contributed by atoms with van der Waals surface area (Å²) in [5.41, 5.74) is 2.73. The molecule has 0 saturated heterocycles. The predicted molar refractivity (Wildman–Crippen MR) is 67.4 cm³/mol. The fraction of sp³-hybridized carbons (Fsp3) is 0.636. The van der Waals surface area contributed by atoms with E-state index in [9.17, 15) is 8.42 Å². The summed E-state index contributed by atoms with van der Waals surface area (Å²) in [6.45, 7) is 7.39. The van der Waals surface area contributed by atoms with Crippen LogP contribution in [0, 0.1) is 13.8 Å². The molecule has 0 aliphatic heterocycles. The van der Waals surface area contributed by atoms with Crippen LogP contribution < -0.4 is 5.32 Å². The summed E-state index contributed by atoms with van der Waals surface area (Å²) in [4.78, 5) is 8.48. The Morgan fingerprint density at radius 1 is 1.18 bits per heavy atom. The van der Waals surface area contributed by atoms with Crippen LogP contribution in [0.4, 0.5) is 0 Å². The summed E-state index contributed by atoms with van der Waals surface area (Å²) in [7, 11) is -3.08. The minimum atomic E-state index is -3.08. The zero-order valence-corrected chi connectivity index (χ0v) is 11.6. The molecule has 6 heteroatoms. The van der Waals surface area contributed by atoms with Crippen LogP contribution in [0.2, 0.25) is 0 Å².